The van der Waals surface area contributed by atoms with Gasteiger partial charge in [0.2, 0.25) is 0 Å². The van der Waals surface area contributed by atoms with Gasteiger partial charge in [0.05, 0.1) is 13.2 Å². The summed E-state index contributed by atoms with van der Waals surface area (Å²) < 4.78 is 5.07. The molecule has 7 heteroatoms. The SMILES string of the molecule is CCNC(=NCc1ccccc1C)N1CCN(C(=O)OCC)CC1.I. The van der Waals surface area contributed by atoms with E-state index in [4.69, 9.17) is 9.73 Å². The molecule has 1 fully saturated rings. The molecule has 25 heavy (non-hydrogen) atoms. The van der Waals surface area contributed by atoms with E-state index in [1.54, 1.807) is 4.90 Å². The summed E-state index contributed by atoms with van der Waals surface area (Å²) in [5.41, 5.74) is 2.49. The molecule has 2 rings (SSSR count). The van der Waals surface area contributed by atoms with Crippen molar-refractivity contribution in [1.29, 1.82) is 0 Å². The summed E-state index contributed by atoms with van der Waals surface area (Å²) in [6.07, 6.45) is -0.223. The van der Waals surface area contributed by atoms with Crippen molar-refractivity contribution in [3.8, 4) is 0 Å². The van der Waals surface area contributed by atoms with Crippen molar-refractivity contribution in [3.05, 3.63) is 35.4 Å². The van der Waals surface area contributed by atoms with Crippen LogP contribution < -0.4 is 5.32 Å². The van der Waals surface area contributed by atoms with E-state index in [1.807, 2.05) is 19.1 Å². The fraction of sp³-hybridized carbons (Fsp3) is 0.556. The number of guanidine groups is 1. The fourth-order valence-corrected chi connectivity index (χ4v) is 2.69. The molecule has 0 radical (unpaired) electrons. The summed E-state index contributed by atoms with van der Waals surface area (Å²) in [7, 11) is 0. The van der Waals surface area contributed by atoms with Crippen molar-refractivity contribution >= 4 is 36.0 Å². The Hall–Kier alpha value is -1.51. The lowest BCUT2D eigenvalue weighted by Gasteiger charge is -2.35. The van der Waals surface area contributed by atoms with Crippen molar-refractivity contribution in [2.75, 3.05) is 39.3 Å². The number of aryl methyl sites for hydroxylation is 1. The van der Waals surface area contributed by atoms with Crippen LogP contribution in [0, 0.1) is 6.92 Å². The first-order valence-electron chi connectivity index (χ1n) is 8.65. The summed E-state index contributed by atoms with van der Waals surface area (Å²) in [5, 5.41) is 3.35. The first-order chi connectivity index (χ1) is 11.7. The van der Waals surface area contributed by atoms with Gasteiger partial charge < -0.3 is 19.9 Å². The third kappa shape index (κ3) is 6.37. The van der Waals surface area contributed by atoms with Gasteiger partial charge in [0, 0.05) is 32.7 Å². The minimum Gasteiger partial charge on any atom is -0.450 e. The minimum absolute atomic E-state index is 0. The Morgan fingerprint density at radius 1 is 1.16 bits per heavy atom. The van der Waals surface area contributed by atoms with Crippen molar-refractivity contribution in [3.63, 3.8) is 0 Å². The predicted octanol–water partition coefficient (Wildman–Crippen LogP) is 2.85. The molecule has 0 aromatic heterocycles. The van der Waals surface area contributed by atoms with Crippen LogP contribution in [0.2, 0.25) is 0 Å². The molecule has 1 aromatic carbocycles. The maximum Gasteiger partial charge on any atom is 0.409 e. The molecule has 1 heterocycles. The van der Waals surface area contributed by atoms with E-state index in [-0.39, 0.29) is 30.1 Å². The maximum absolute atomic E-state index is 11.8. The second-order valence-corrected chi connectivity index (χ2v) is 5.77. The third-order valence-corrected chi connectivity index (χ3v) is 4.10. The van der Waals surface area contributed by atoms with Gasteiger partial charge in [0.25, 0.3) is 0 Å². The molecule has 1 N–H and O–H groups in total. The lowest BCUT2D eigenvalue weighted by atomic mass is 10.1. The van der Waals surface area contributed by atoms with Gasteiger partial charge >= 0.3 is 6.09 Å². The molecule has 0 aliphatic carbocycles. The molecule has 1 amide bonds. The van der Waals surface area contributed by atoms with Gasteiger partial charge in [-0.1, -0.05) is 24.3 Å². The zero-order valence-electron chi connectivity index (χ0n) is 15.3. The van der Waals surface area contributed by atoms with Crippen molar-refractivity contribution in [2.45, 2.75) is 27.3 Å². The first-order valence-corrected chi connectivity index (χ1v) is 8.65. The molecule has 1 aliphatic rings. The Morgan fingerprint density at radius 2 is 1.80 bits per heavy atom. The lowest BCUT2D eigenvalue weighted by molar-refractivity contribution is 0.0914. The number of carbonyl (C=O) groups excluding carboxylic acids is 1. The summed E-state index contributed by atoms with van der Waals surface area (Å²) in [4.78, 5) is 20.5. The Kier molecular flexibility index (Phi) is 9.62. The molecule has 6 nitrogen and oxygen atoms in total. The van der Waals surface area contributed by atoms with Gasteiger partial charge in [-0.25, -0.2) is 9.79 Å². The second-order valence-electron chi connectivity index (χ2n) is 5.77. The monoisotopic (exact) mass is 460 g/mol. The number of nitrogens with one attached hydrogen (secondary N) is 1. The van der Waals surface area contributed by atoms with Gasteiger partial charge in [0.1, 0.15) is 0 Å². The maximum atomic E-state index is 11.8. The number of hydrogen-bond acceptors (Lipinski definition) is 3. The number of piperazine rings is 1. The van der Waals surface area contributed by atoms with Crippen molar-refractivity contribution in [1.82, 2.24) is 15.1 Å². The Morgan fingerprint density at radius 3 is 2.40 bits per heavy atom. The van der Waals surface area contributed by atoms with Crippen LogP contribution in [0.4, 0.5) is 4.79 Å². The van der Waals surface area contributed by atoms with Crippen LogP contribution in [-0.2, 0) is 11.3 Å². The van der Waals surface area contributed by atoms with Crippen LogP contribution >= 0.6 is 24.0 Å². The summed E-state index contributed by atoms with van der Waals surface area (Å²) in [6.45, 7) is 10.7. The number of hydrogen-bond donors (Lipinski definition) is 1. The van der Waals surface area contributed by atoms with Gasteiger partial charge in [-0.3, -0.25) is 0 Å². The van der Waals surface area contributed by atoms with Crippen molar-refractivity contribution < 1.29 is 9.53 Å². The van der Waals surface area contributed by atoms with E-state index in [1.165, 1.54) is 11.1 Å². The fourth-order valence-electron chi connectivity index (χ4n) is 2.69. The number of carbonyl (C=O) groups is 1. The molecule has 140 valence electrons. The van der Waals surface area contributed by atoms with E-state index in [0.29, 0.717) is 26.2 Å². The van der Waals surface area contributed by atoms with Crippen LogP contribution in [0.1, 0.15) is 25.0 Å². The van der Waals surface area contributed by atoms with Gasteiger partial charge in [-0.15, -0.1) is 24.0 Å². The Labute approximate surface area is 167 Å². The standard InChI is InChI=1S/C18H28N4O2.HI/c1-4-19-17(20-14-16-9-7-6-8-15(16)3)21-10-12-22(13-11-21)18(23)24-5-2;/h6-9H,4-5,10-14H2,1-3H3,(H,19,20);1H. The molecule has 0 spiro atoms. The molecule has 1 aliphatic heterocycles. The molecule has 0 atom stereocenters. The van der Waals surface area contributed by atoms with Gasteiger partial charge in [-0.2, -0.15) is 0 Å². The molecule has 0 unspecified atom stereocenters. The summed E-state index contributed by atoms with van der Waals surface area (Å²) >= 11 is 0. The number of rotatable bonds is 4. The molecule has 1 saturated heterocycles. The third-order valence-electron chi connectivity index (χ3n) is 4.10. The quantitative estimate of drug-likeness (QED) is 0.427. The van der Waals surface area contributed by atoms with Gasteiger partial charge in [0.15, 0.2) is 5.96 Å². The van der Waals surface area contributed by atoms with Crippen LogP contribution in [0.3, 0.4) is 0 Å². The van der Waals surface area contributed by atoms with Crippen LogP contribution in [0.5, 0.6) is 0 Å². The number of halogens is 1. The summed E-state index contributed by atoms with van der Waals surface area (Å²) in [6, 6.07) is 8.31. The Balaban J connectivity index is 0.00000312. The average molecular weight is 460 g/mol. The Bertz CT molecular complexity index is 572. The largest absolute Gasteiger partial charge is 0.450 e. The minimum atomic E-state index is -0.223. The van der Waals surface area contributed by atoms with E-state index >= 15 is 0 Å². The number of nitrogens with zero attached hydrogens (tertiary/aromatic N) is 3. The van der Waals surface area contributed by atoms with Crippen molar-refractivity contribution in [2.24, 2.45) is 4.99 Å². The molecular formula is C18H29IN4O2. The zero-order chi connectivity index (χ0) is 17.4. The zero-order valence-corrected chi connectivity index (χ0v) is 17.7. The highest BCUT2D eigenvalue weighted by Crippen LogP contribution is 2.10. The lowest BCUT2D eigenvalue weighted by Crippen LogP contribution is -2.53. The van der Waals surface area contributed by atoms with E-state index < -0.39 is 0 Å². The number of benzene rings is 1. The first kappa shape index (κ1) is 21.5. The highest BCUT2D eigenvalue weighted by atomic mass is 127. The average Bonchev–Trinajstić information content (AvgIpc) is 2.60. The molecule has 0 bridgehead atoms. The van der Waals surface area contributed by atoms with Gasteiger partial charge in [-0.05, 0) is 31.9 Å². The molecule has 0 saturated carbocycles. The second kappa shape index (κ2) is 11.2. The topological polar surface area (TPSA) is 57.2 Å². The normalized spacial score (nSPS) is 14.8. The van der Waals surface area contributed by atoms with E-state index in [9.17, 15) is 4.79 Å². The highest BCUT2D eigenvalue weighted by molar-refractivity contribution is 14.0. The molecular weight excluding hydrogens is 431 g/mol. The number of ether oxygens (including phenoxy) is 1. The van der Waals surface area contributed by atoms with Crippen LogP contribution in [0.15, 0.2) is 29.3 Å². The van der Waals surface area contributed by atoms with E-state index in [2.05, 4.69) is 36.2 Å². The smallest absolute Gasteiger partial charge is 0.409 e. The van der Waals surface area contributed by atoms with E-state index in [0.717, 1.165) is 25.6 Å². The summed E-state index contributed by atoms with van der Waals surface area (Å²) in [5.74, 6) is 0.907. The number of aliphatic imine (C=N–C) groups is 1. The van der Waals surface area contributed by atoms with Crippen LogP contribution in [-0.4, -0.2) is 61.2 Å². The molecule has 1 aromatic rings. The highest BCUT2D eigenvalue weighted by Gasteiger charge is 2.23. The predicted molar refractivity (Wildman–Crippen MR) is 112 cm³/mol. The van der Waals surface area contributed by atoms with Crippen LogP contribution in [0.25, 0.3) is 0 Å². The number of amides is 1.